The first-order valence-electron chi connectivity index (χ1n) is 4.26. The summed E-state index contributed by atoms with van der Waals surface area (Å²) >= 11 is 3.34. The Morgan fingerprint density at radius 3 is 3.00 bits per heavy atom. The SMILES string of the molecule is COc1c(Br)ccc2c1OCCC2=O. The van der Waals surface area contributed by atoms with Gasteiger partial charge in [0.15, 0.2) is 17.3 Å². The molecular weight excluding hydrogens is 248 g/mol. The lowest BCUT2D eigenvalue weighted by molar-refractivity contribution is 0.0930. The molecule has 0 radical (unpaired) electrons. The van der Waals surface area contributed by atoms with Crippen LogP contribution in [0.15, 0.2) is 16.6 Å². The highest BCUT2D eigenvalue weighted by atomic mass is 79.9. The van der Waals surface area contributed by atoms with Gasteiger partial charge in [-0.3, -0.25) is 4.79 Å². The second kappa shape index (κ2) is 3.61. The number of benzene rings is 1. The maximum atomic E-state index is 11.5. The zero-order chi connectivity index (χ0) is 10.1. The summed E-state index contributed by atoms with van der Waals surface area (Å²) in [4.78, 5) is 11.5. The van der Waals surface area contributed by atoms with E-state index in [2.05, 4.69) is 15.9 Å². The maximum Gasteiger partial charge on any atom is 0.175 e. The van der Waals surface area contributed by atoms with Crippen molar-refractivity contribution in [1.29, 1.82) is 0 Å². The minimum atomic E-state index is 0.108. The summed E-state index contributed by atoms with van der Waals surface area (Å²) in [5, 5.41) is 0. The van der Waals surface area contributed by atoms with E-state index >= 15 is 0 Å². The largest absolute Gasteiger partial charge is 0.492 e. The van der Waals surface area contributed by atoms with Gasteiger partial charge < -0.3 is 9.47 Å². The fourth-order valence-corrected chi connectivity index (χ4v) is 1.95. The van der Waals surface area contributed by atoms with E-state index in [1.54, 1.807) is 19.2 Å². The van der Waals surface area contributed by atoms with Crippen LogP contribution in [0.2, 0.25) is 0 Å². The molecule has 1 aromatic rings. The van der Waals surface area contributed by atoms with E-state index in [-0.39, 0.29) is 5.78 Å². The molecule has 0 N–H and O–H groups in total. The first-order chi connectivity index (χ1) is 6.74. The van der Waals surface area contributed by atoms with Crippen LogP contribution in [-0.2, 0) is 0 Å². The van der Waals surface area contributed by atoms with Crippen LogP contribution in [0.25, 0.3) is 0 Å². The lowest BCUT2D eigenvalue weighted by Gasteiger charge is -2.19. The van der Waals surface area contributed by atoms with Gasteiger partial charge in [-0.15, -0.1) is 0 Å². The summed E-state index contributed by atoms with van der Waals surface area (Å²) in [7, 11) is 1.56. The Bertz CT molecular complexity index is 387. The van der Waals surface area contributed by atoms with E-state index in [0.29, 0.717) is 30.1 Å². The average molecular weight is 257 g/mol. The molecule has 0 fully saturated rings. The third kappa shape index (κ3) is 1.39. The highest BCUT2D eigenvalue weighted by Gasteiger charge is 2.23. The van der Waals surface area contributed by atoms with Crippen molar-refractivity contribution < 1.29 is 14.3 Å². The Hall–Kier alpha value is -1.03. The van der Waals surface area contributed by atoms with Crippen LogP contribution in [-0.4, -0.2) is 19.5 Å². The Morgan fingerprint density at radius 2 is 2.29 bits per heavy atom. The number of halogens is 1. The predicted octanol–water partition coefficient (Wildman–Crippen LogP) is 2.42. The van der Waals surface area contributed by atoms with Crippen molar-refractivity contribution >= 4 is 21.7 Å². The molecule has 2 rings (SSSR count). The predicted molar refractivity (Wildman–Crippen MR) is 55.1 cm³/mol. The van der Waals surface area contributed by atoms with Crippen LogP contribution in [0.4, 0.5) is 0 Å². The quantitative estimate of drug-likeness (QED) is 0.775. The van der Waals surface area contributed by atoms with E-state index in [1.165, 1.54) is 0 Å². The molecule has 3 nitrogen and oxygen atoms in total. The van der Waals surface area contributed by atoms with Gasteiger partial charge in [0.2, 0.25) is 0 Å². The third-order valence-electron chi connectivity index (χ3n) is 2.14. The molecule has 0 amide bonds. The summed E-state index contributed by atoms with van der Waals surface area (Å²) < 4.78 is 11.4. The fourth-order valence-electron chi connectivity index (χ4n) is 1.47. The van der Waals surface area contributed by atoms with E-state index in [9.17, 15) is 4.79 Å². The topological polar surface area (TPSA) is 35.5 Å². The first kappa shape index (κ1) is 9.52. The van der Waals surface area contributed by atoms with Crippen LogP contribution < -0.4 is 9.47 Å². The van der Waals surface area contributed by atoms with Crippen molar-refractivity contribution in [2.75, 3.05) is 13.7 Å². The van der Waals surface area contributed by atoms with Gasteiger partial charge in [0.1, 0.15) is 0 Å². The second-order valence-corrected chi connectivity index (χ2v) is 3.83. The Kier molecular flexibility index (Phi) is 2.46. The second-order valence-electron chi connectivity index (χ2n) is 2.98. The molecule has 1 aromatic carbocycles. The highest BCUT2D eigenvalue weighted by Crippen LogP contribution is 2.40. The van der Waals surface area contributed by atoms with Gasteiger partial charge in [-0.25, -0.2) is 0 Å². The summed E-state index contributed by atoms with van der Waals surface area (Å²) in [6, 6.07) is 3.55. The molecule has 0 saturated heterocycles. The molecule has 1 aliphatic heterocycles. The molecule has 0 unspecified atom stereocenters. The molecular formula is C10H9BrO3. The van der Waals surface area contributed by atoms with Gasteiger partial charge >= 0.3 is 0 Å². The molecule has 1 heterocycles. The van der Waals surface area contributed by atoms with Gasteiger partial charge in [0.25, 0.3) is 0 Å². The Morgan fingerprint density at radius 1 is 1.50 bits per heavy atom. The van der Waals surface area contributed by atoms with Crippen LogP contribution in [0.1, 0.15) is 16.8 Å². The van der Waals surface area contributed by atoms with Gasteiger partial charge in [-0.05, 0) is 28.1 Å². The molecule has 4 heteroatoms. The normalized spacial score (nSPS) is 14.6. The number of ketones is 1. The van der Waals surface area contributed by atoms with Crippen LogP contribution >= 0.6 is 15.9 Å². The summed E-state index contributed by atoms with van der Waals surface area (Å²) in [5.41, 5.74) is 0.608. The van der Waals surface area contributed by atoms with E-state index in [4.69, 9.17) is 9.47 Å². The van der Waals surface area contributed by atoms with E-state index in [0.717, 1.165) is 4.47 Å². The molecule has 0 saturated carbocycles. The monoisotopic (exact) mass is 256 g/mol. The average Bonchev–Trinajstić information content (AvgIpc) is 2.18. The lowest BCUT2D eigenvalue weighted by Crippen LogP contribution is -2.16. The number of rotatable bonds is 1. The smallest absolute Gasteiger partial charge is 0.175 e. The fraction of sp³-hybridized carbons (Fsp3) is 0.300. The van der Waals surface area contributed by atoms with Crippen LogP contribution in [0.3, 0.4) is 0 Å². The van der Waals surface area contributed by atoms with Crippen molar-refractivity contribution in [2.24, 2.45) is 0 Å². The minimum Gasteiger partial charge on any atom is -0.492 e. The van der Waals surface area contributed by atoms with Crippen LogP contribution in [0, 0.1) is 0 Å². The van der Waals surface area contributed by atoms with E-state index in [1.807, 2.05) is 0 Å². The number of carbonyl (C=O) groups is 1. The molecule has 0 atom stereocenters. The zero-order valence-electron chi connectivity index (χ0n) is 7.67. The molecule has 1 aliphatic rings. The summed E-state index contributed by atoms with van der Waals surface area (Å²) in [6.07, 6.45) is 0.442. The highest BCUT2D eigenvalue weighted by molar-refractivity contribution is 9.10. The van der Waals surface area contributed by atoms with Gasteiger partial charge in [-0.1, -0.05) is 0 Å². The van der Waals surface area contributed by atoms with Gasteiger partial charge in [0, 0.05) is 6.42 Å². The number of fused-ring (bicyclic) bond motifs is 1. The Balaban J connectivity index is 2.61. The lowest BCUT2D eigenvalue weighted by atomic mass is 10.0. The van der Waals surface area contributed by atoms with Crippen molar-refractivity contribution in [3.05, 3.63) is 22.2 Å². The van der Waals surface area contributed by atoms with Crippen LogP contribution in [0.5, 0.6) is 11.5 Å². The van der Waals surface area contributed by atoms with Gasteiger partial charge in [-0.2, -0.15) is 0 Å². The standard InChI is InChI=1S/C10H9BrO3/c1-13-10-7(11)3-2-6-8(12)4-5-14-9(6)10/h2-3H,4-5H2,1H3. The molecule has 74 valence electrons. The summed E-state index contributed by atoms with van der Waals surface area (Å²) in [5.74, 6) is 1.26. The third-order valence-corrected chi connectivity index (χ3v) is 2.77. The van der Waals surface area contributed by atoms with Crippen molar-refractivity contribution in [1.82, 2.24) is 0 Å². The van der Waals surface area contributed by atoms with Crippen molar-refractivity contribution in [3.8, 4) is 11.5 Å². The van der Waals surface area contributed by atoms with Crippen molar-refractivity contribution in [3.63, 3.8) is 0 Å². The zero-order valence-corrected chi connectivity index (χ0v) is 9.26. The Labute approximate surface area is 90.1 Å². The first-order valence-corrected chi connectivity index (χ1v) is 5.06. The number of carbonyl (C=O) groups excluding carboxylic acids is 1. The number of ether oxygens (including phenoxy) is 2. The molecule has 0 aliphatic carbocycles. The van der Waals surface area contributed by atoms with Gasteiger partial charge in [0.05, 0.1) is 23.8 Å². The minimum absolute atomic E-state index is 0.108. The number of hydrogen-bond donors (Lipinski definition) is 0. The van der Waals surface area contributed by atoms with E-state index < -0.39 is 0 Å². The molecule has 0 bridgehead atoms. The molecule has 0 spiro atoms. The maximum absolute atomic E-state index is 11.5. The number of hydrogen-bond acceptors (Lipinski definition) is 3. The summed E-state index contributed by atoms with van der Waals surface area (Å²) in [6.45, 7) is 0.429. The molecule has 0 aromatic heterocycles. The van der Waals surface area contributed by atoms with Crippen molar-refractivity contribution in [2.45, 2.75) is 6.42 Å². The molecule has 14 heavy (non-hydrogen) atoms. The number of methoxy groups -OCH3 is 1. The number of Topliss-reactive ketones (excluding diaryl/α,β-unsaturated/α-hetero) is 1.